The average molecular weight is 202 g/mol. The minimum absolute atomic E-state index is 0.126. The van der Waals surface area contributed by atoms with Crippen LogP contribution >= 0.6 is 0 Å². The van der Waals surface area contributed by atoms with Gasteiger partial charge in [0.05, 0.1) is 0 Å². The zero-order valence-corrected chi connectivity index (χ0v) is 9.92. The van der Waals surface area contributed by atoms with Crippen molar-refractivity contribution in [3.05, 3.63) is 34.9 Å². The van der Waals surface area contributed by atoms with Gasteiger partial charge in [0.25, 0.3) is 0 Å². The first-order chi connectivity index (χ1) is 6.89. The molecule has 1 aliphatic rings. The maximum Gasteiger partial charge on any atom is 0.166 e. The third kappa shape index (κ3) is 1.71. The highest BCUT2D eigenvalue weighted by Gasteiger charge is 2.28. The van der Waals surface area contributed by atoms with Crippen LogP contribution in [-0.2, 0) is 11.8 Å². The van der Waals surface area contributed by atoms with Crippen LogP contribution in [0.15, 0.2) is 18.2 Å². The number of carbonyl (C=O) groups excluding carboxylic acids is 1. The molecule has 0 radical (unpaired) electrons. The summed E-state index contributed by atoms with van der Waals surface area (Å²) in [7, 11) is 0. The van der Waals surface area contributed by atoms with Gasteiger partial charge in [-0.15, -0.1) is 0 Å². The molecule has 0 bridgehead atoms. The van der Waals surface area contributed by atoms with E-state index < -0.39 is 0 Å². The molecule has 2 rings (SSSR count). The van der Waals surface area contributed by atoms with Crippen LogP contribution in [0.4, 0.5) is 0 Å². The Balaban J connectivity index is 2.49. The smallest absolute Gasteiger partial charge is 0.166 e. The molecule has 1 unspecified atom stereocenters. The molecule has 0 saturated heterocycles. The second kappa shape index (κ2) is 3.19. The molecule has 15 heavy (non-hydrogen) atoms. The van der Waals surface area contributed by atoms with Gasteiger partial charge in [-0.05, 0) is 29.0 Å². The minimum Gasteiger partial charge on any atom is -0.294 e. The summed E-state index contributed by atoms with van der Waals surface area (Å²) in [6, 6.07) is 6.36. The van der Waals surface area contributed by atoms with Gasteiger partial charge in [0.1, 0.15) is 0 Å². The Morgan fingerprint density at radius 1 is 1.27 bits per heavy atom. The largest absolute Gasteiger partial charge is 0.294 e. The molecule has 0 aromatic heterocycles. The molecule has 1 heteroatoms. The number of hydrogen-bond acceptors (Lipinski definition) is 1. The number of hydrogen-bond donors (Lipinski definition) is 0. The van der Waals surface area contributed by atoms with E-state index in [2.05, 4.69) is 39.0 Å². The first kappa shape index (κ1) is 10.4. The van der Waals surface area contributed by atoms with E-state index >= 15 is 0 Å². The van der Waals surface area contributed by atoms with Gasteiger partial charge in [0.15, 0.2) is 5.78 Å². The van der Waals surface area contributed by atoms with Gasteiger partial charge in [-0.2, -0.15) is 0 Å². The lowest BCUT2D eigenvalue weighted by molar-refractivity contribution is 0.0946. The van der Waals surface area contributed by atoms with E-state index in [9.17, 15) is 4.79 Å². The van der Waals surface area contributed by atoms with Gasteiger partial charge >= 0.3 is 0 Å². The van der Waals surface area contributed by atoms with Crippen molar-refractivity contribution >= 4 is 5.78 Å². The number of Topliss-reactive ketones (excluding diaryl/α,β-unsaturated/α-hetero) is 1. The zero-order valence-electron chi connectivity index (χ0n) is 9.92. The predicted octanol–water partition coefficient (Wildman–Crippen LogP) is 3.36. The first-order valence-electron chi connectivity index (χ1n) is 5.57. The molecule has 0 spiro atoms. The quantitative estimate of drug-likeness (QED) is 0.630. The van der Waals surface area contributed by atoms with E-state index in [1.165, 1.54) is 11.1 Å². The molecule has 0 amide bonds. The van der Waals surface area contributed by atoms with Crippen LogP contribution in [0.25, 0.3) is 0 Å². The van der Waals surface area contributed by atoms with Crippen LogP contribution < -0.4 is 0 Å². The highest BCUT2D eigenvalue weighted by atomic mass is 16.1. The number of fused-ring (bicyclic) bond motifs is 1. The Hall–Kier alpha value is -1.11. The molecule has 0 aliphatic heterocycles. The van der Waals surface area contributed by atoms with E-state index in [1.807, 2.05) is 6.92 Å². The third-order valence-corrected chi connectivity index (χ3v) is 3.22. The highest BCUT2D eigenvalue weighted by Crippen LogP contribution is 2.31. The lowest BCUT2D eigenvalue weighted by Crippen LogP contribution is -2.12. The molecule has 1 aliphatic carbocycles. The van der Waals surface area contributed by atoms with Crippen molar-refractivity contribution in [2.75, 3.05) is 0 Å². The molecule has 0 saturated carbocycles. The Morgan fingerprint density at radius 2 is 1.93 bits per heavy atom. The zero-order chi connectivity index (χ0) is 11.2. The number of benzene rings is 1. The second-order valence-electron chi connectivity index (χ2n) is 5.59. The Kier molecular flexibility index (Phi) is 2.22. The van der Waals surface area contributed by atoms with Gasteiger partial charge in [-0.3, -0.25) is 4.79 Å². The molecular weight excluding hydrogens is 184 g/mol. The highest BCUT2D eigenvalue weighted by molar-refractivity contribution is 6.02. The van der Waals surface area contributed by atoms with Gasteiger partial charge in [-0.25, -0.2) is 0 Å². The number of carbonyl (C=O) groups is 1. The lowest BCUT2D eigenvalue weighted by Gasteiger charge is -2.19. The molecule has 80 valence electrons. The fourth-order valence-corrected chi connectivity index (χ4v) is 2.14. The fraction of sp³-hybridized carbons (Fsp3) is 0.500. The topological polar surface area (TPSA) is 17.1 Å². The second-order valence-corrected chi connectivity index (χ2v) is 5.59. The fourth-order valence-electron chi connectivity index (χ4n) is 2.14. The van der Waals surface area contributed by atoms with E-state index in [0.29, 0.717) is 5.78 Å². The summed E-state index contributed by atoms with van der Waals surface area (Å²) in [4.78, 5) is 11.9. The first-order valence-corrected chi connectivity index (χ1v) is 5.57. The summed E-state index contributed by atoms with van der Waals surface area (Å²) in [5, 5.41) is 0. The average Bonchev–Trinajstić information content (AvgIpc) is 2.41. The van der Waals surface area contributed by atoms with Crippen molar-refractivity contribution in [3.8, 4) is 0 Å². The van der Waals surface area contributed by atoms with Crippen molar-refractivity contribution < 1.29 is 4.79 Å². The number of ketones is 1. The maximum atomic E-state index is 11.9. The van der Waals surface area contributed by atoms with Crippen LogP contribution in [-0.4, -0.2) is 5.78 Å². The maximum absolute atomic E-state index is 11.9. The summed E-state index contributed by atoms with van der Waals surface area (Å²) in [6.45, 7) is 8.55. The van der Waals surface area contributed by atoms with Gasteiger partial charge in [0, 0.05) is 11.5 Å². The molecule has 1 aromatic rings. The summed E-state index contributed by atoms with van der Waals surface area (Å²) < 4.78 is 0. The number of rotatable bonds is 0. The van der Waals surface area contributed by atoms with Crippen LogP contribution in [0.1, 0.15) is 49.2 Å². The molecular formula is C14H18O. The molecule has 0 fully saturated rings. The summed E-state index contributed by atoms with van der Waals surface area (Å²) >= 11 is 0. The molecule has 0 N–H and O–H groups in total. The van der Waals surface area contributed by atoms with E-state index in [0.717, 1.165) is 12.0 Å². The molecule has 1 atom stereocenters. The lowest BCUT2D eigenvalue weighted by atomic mass is 9.85. The van der Waals surface area contributed by atoms with Crippen LogP contribution in [0.3, 0.4) is 0 Å². The van der Waals surface area contributed by atoms with Crippen molar-refractivity contribution in [1.82, 2.24) is 0 Å². The minimum atomic E-state index is 0.126. The summed E-state index contributed by atoms with van der Waals surface area (Å²) in [6.07, 6.45) is 0.915. The Bertz CT molecular complexity index is 410. The van der Waals surface area contributed by atoms with Crippen molar-refractivity contribution in [2.24, 2.45) is 5.92 Å². The SMILES string of the molecule is CC1Cc2ccc(C(C)(C)C)cc2C1=O. The van der Waals surface area contributed by atoms with Crippen LogP contribution in [0, 0.1) is 5.92 Å². The van der Waals surface area contributed by atoms with E-state index in [1.54, 1.807) is 0 Å². The monoisotopic (exact) mass is 202 g/mol. The Labute approximate surface area is 91.5 Å². The van der Waals surface area contributed by atoms with Crippen LogP contribution in [0.5, 0.6) is 0 Å². The normalized spacial score (nSPS) is 20.5. The predicted molar refractivity (Wildman–Crippen MR) is 62.3 cm³/mol. The van der Waals surface area contributed by atoms with Crippen molar-refractivity contribution in [1.29, 1.82) is 0 Å². The van der Waals surface area contributed by atoms with Crippen LogP contribution in [0.2, 0.25) is 0 Å². The van der Waals surface area contributed by atoms with Gasteiger partial charge in [0.2, 0.25) is 0 Å². The molecule has 1 nitrogen and oxygen atoms in total. The van der Waals surface area contributed by atoms with Crippen molar-refractivity contribution in [2.45, 2.75) is 39.5 Å². The van der Waals surface area contributed by atoms with Crippen molar-refractivity contribution in [3.63, 3.8) is 0 Å². The Morgan fingerprint density at radius 3 is 2.53 bits per heavy atom. The molecule has 0 heterocycles. The van der Waals surface area contributed by atoms with Gasteiger partial charge in [-0.1, -0.05) is 39.8 Å². The van der Waals surface area contributed by atoms with E-state index in [-0.39, 0.29) is 11.3 Å². The third-order valence-electron chi connectivity index (χ3n) is 3.22. The standard InChI is InChI=1S/C14H18O/c1-9-7-10-5-6-11(14(2,3)4)8-12(10)13(9)15/h5-6,8-9H,7H2,1-4H3. The van der Waals surface area contributed by atoms with E-state index in [4.69, 9.17) is 0 Å². The molecule has 1 aromatic carbocycles. The summed E-state index contributed by atoms with van der Waals surface area (Å²) in [5.74, 6) is 0.492. The summed E-state index contributed by atoms with van der Waals surface area (Å²) in [5.41, 5.74) is 3.56. The van der Waals surface area contributed by atoms with Gasteiger partial charge < -0.3 is 0 Å².